The standard InChI is InChI=1S/C18H28N4O11S/c1-34-5-4-10(18(32)33)21-16(30)9(2-3-12(23)24)20-17(31)11(7-14(27)28)22-15(29)8(19)6-13(25)26/h8-11H,2-7,19H2,1H3,(H,20,31)(H,21,30)(H,22,29)(H,23,24)(H,25,26)(H,27,28)(H,32,33). The van der Waals surface area contributed by atoms with Gasteiger partial charge < -0.3 is 42.1 Å². The average Bonchev–Trinajstić information content (AvgIpc) is 2.71. The molecule has 0 fully saturated rings. The Morgan fingerprint density at radius 3 is 1.68 bits per heavy atom. The molecule has 0 aliphatic carbocycles. The first-order valence-electron chi connectivity index (χ1n) is 9.82. The molecule has 16 heteroatoms. The van der Waals surface area contributed by atoms with Crippen LogP contribution in [0.1, 0.15) is 32.1 Å². The minimum Gasteiger partial charge on any atom is -0.481 e. The lowest BCUT2D eigenvalue weighted by Crippen LogP contribution is -2.57. The molecule has 0 radical (unpaired) electrons. The van der Waals surface area contributed by atoms with E-state index >= 15 is 0 Å². The third-order valence-corrected chi connectivity index (χ3v) is 4.89. The van der Waals surface area contributed by atoms with E-state index in [-0.39, 0.29) is 6.42 Å². The van der Waals surface area contributed by atoms with Crippen molar-refractivity contribution in [2.24, 2.45) is 5.73 Å². The molecule has 4 unspecified atom stereocenters. The van der Waals surface area contributed by atoms with Gasteiger partial charge in [0, 0.05) is 6.42 Å². The highest BCUT2D eigenvalue weighted by atomic mass is 32.2. The lowest BCUT2D eigenvalue weighted by Gasteiger charge is -2.24. The number of carbonyl (C=O) groups is 7. The fourth-order valence-corrected chi connectivity index (χ4v) is 2.99. The van der Waals surface area contributed by atoms with E-state index in [2.05, 4.69) is 10.6 Å². The number of nitrogens with one attached hydrogen (secondary N) is 3. The maximum atomic E-state index is 12.6. The Kier molecular flexibility index (Phi) is 13.9. The van der Waals surface area contributed by atoms with E-state index in [0.717, 1.165) is 0 Å². The summed E-state index contributed by atoms with van der Waals surface area (Å²) in [6.07, 6.45) is -1.06. The van der Waals surface area contributed by atoms with Gasteiger partial charge in [0.05, 0.1) is 18.9 Å². The fourth-order valence-electron chi connectivity index (χ4n) is 2.52. The number of nitrogens with two attached hydrogens (primary N) is 1. The van der Waals surface area contributed by atoms with Crippen molar-refractivity contribution >= 4 is 53.4 Å². The number of hydrogen-bond acceptors (Lipinski definition) is 9. The van der Waals surface area contributed by atoms with E-state index in [9.17, 15) is 38.7 Å². The van der Waals surface area contributed by atoms with Crippen molar-refractivity contribution in [2.45, 2.75) is 56.3 Å². The van der Waals surface area contributed by atoms with Crippen LogP contribution in [0.5, 0.6) is 0 Å². The molecule has 0 aliphatic rings. The lowest BCUT2D eigenvalue weighted by atomic mass is 10.1. The summed E-state index contributed by atoms with van der Waals surface area (Å²) in [4.78, 5) is 81.4. The summed E-state index contributed by atoms with van der Waals surface area (Å²) >= 11 is 1.32. The Morgan fingerprint density at radius 1 is 0.706 bits per heavy atom. The van der Waals surface area contributed by atoms with Gasteiger partial charge in [0.2, 0.25) is 17.7 Å². The summed E-state index contributed by atoms with van der Waals surface area (Å²) in [5.41, 5.74) is 5.39. The molecular weight excluding hydrogens is 480 g/mol. The lowest BCUT2D eigenvalue weighted by molar-refractivity contribution is -0.144. The van der Waals surface area contributed by atoms with Crippen molar-refractivity contribution in [3.63, 3.8) is 0 Å². The van der Waals surface area contributed by atoms with Crippen LogP contribution in [-0.4, -0.2) is 98.2 Å². The van der Waals surface area contributed by atoms with Crippen molar-refractivity contribution < 1.29 is 54.0 Å². The zero-order valence-corrected chi connectivity index (χ0v) is 19.0. The number of amides is 3. The minimum absolute atomic E-state index is 0.0427. The molecule has 0 bridgehead atoms. The molecule has 34 heavy (non-hydrogen) atoms. The molecule has 0 heterocycles. The number of aliphatic carboxylic acids is 4. The minimum atomic E-state index is -1.78. The largest absolute Gasteiger partial charge is 0.481 e. The molecule has 0 aromatic carbocycles. The highest BCUT2D eigenvalue weighted by Crippen LogP contribution is 2.05. The summed E-state index contributed by atoms with van der Waals surface area (Å²) in [6, 6.07) is -6.27. The molecule has 192 valence electrons. The van der Waals surface area contributed by atoms with Gasteiger partial charge in [0.25, 0.3) is 0 Å². The Labute approximate surface area is 197 Å². The Hall–Kier alpha value is -3.40. The normalized spacial score (nSPS) is 14.1. The second-order valence-electron chi connectivity index (χ2n) is 7.04. The van der Waals surface area contributed by atoms with Crippen LogP contribution in [0.15, 0.2) is 0 Å². The van der Waals surface area contributed by atoms with Gasteiger partial charge in [-0.1, -0.05) is 0 Å². The van der Waals surface area contributed by atoms with Crippen molar-refractivity contribution in [3.05, 3.63) is 0 Å². The first kappa shape index (κ1) is 30.6. The molecule has 0 spiro atoms. The third kappa shape index (κ3) is 12.6. The topological polar surface area (TPSA) is 263 Å². The summed E-state index contributed by atoms with van der Waals surface area (Å²) in [5, 5.41) is 42.2. The average molecular weight is 509 g/mol. The molecule has 9 N–H and O–H groups in total. The zero-order valence-electron chi connectivity index (χ0n) is 18.2. The molecule has 0 aliphatic heterocycles. The summed E-state index contributed by atoms with van der Waals surface area (Å²) in [6.45, 7) is 0. The molecule has 0 aromatic rings. The van der Waals surface area contributed by atoms with Crippen LogP contribution in [0.3, 0.4) is 0 Å². The van der Waals surface area contributed by atoms with E-state index < -0.39 is 91.4 Å². The van der Waals surface area contributed by atoms with E-state index in [1.165, 1.54) is 11.8 Å². The highest BCUT2D eigenvalue weighted by Gasteiger charge is 2.32. The van der Waals surface area contributed by atoms with Gasteiger partial charge in [-0.25, -0.2) is 4.79 Å². The van der Waals surface area contributed by atoms with Crippen LogP contribution in [0, 0.1) is 0 Å². The summed E-state index contributed by atoms with van der Waals surface area (Å²) in [7, 11) is 0. The van der Waals surface area contributed by atoms with Gasteiger partial charge in [-0.15, -0.1) is 0 Å². The maximum absolute atomic E-state index is 12.6. The molecule has 4 atom stereocenters. The molecule has 0 rings (SSSR count). The van der Waals surface area contributed by atoms with Crippen LogP contribution >= 0.6 is 11.8 Å². The second-order valence-corrected chi connectivity index (χ2v) is 8.02. The third-order valence-electron chi connectivity index (χ3n) is 4.25. The molecule has 3 amide bonds. The number of hydrogen-bond donors (Lipinski definition) is 8. The van der Waals surface area contributed by atoms with E-state index in [4.69, 9.17) is 21.1 Å². The van der Waals surface area contributed by atoms with E-state index in [1.807, 2.05) is 5.32 Å². The van der Waals surface area contributed by atoms with Crippen molar-refractivity contribution in [1.82, 2.24) is 16.0 Å². The predicted molar refractivity (Wildman–Crippen MR) is 116 cm³/mol. The smallest absolute Gasteiger partial charge is 0.326 e. The Morgan fingerprint density at radius 2 is 1.21 bits per heavy atom. The van der Waals surface area contributed by atoms with Gasteiger partial charge in [-0.3, -0.25) is 28.8 Å². The Bertz CT molecular complexity index is 792. The predicted octanol–water partition coefficient (Wildman–Crippen LogP) is -2.58. The first-order valence-corrected chi connectivity index (χ1v) is 11.2. The quantitative estimate of drug-likeness (QED) is 0.100. The van der Waals surface area contributed by atoms with Gasteiger partial charge in [0.1, 0.15) is 18.1 Å². The van der Waals surface area contributed by atoms with Gasteiger partial charge in [-0.2, -0.15) is 11.8 Å². The van der Waals surface area contributed by atoms with Crippen LogP contribution < -0.4 is 21.7 Å². The maximum Gasteiger partial charge on any atom is 0.326 e. The molecule has 0 saturated carbocycles. The van der Waals surface area contributed by atoms with Gasteiger partial charge >= 0.3 is 23.9 Å². The summed E-state index contributed by atoms with van der Waals surface area (Å²) < 4.78 is 0. The highest BCUT2D eigenvalue weighted by molar-refractivity contribution is 7.98. The number of thioether (sulfide) groups is 1. The van der Waals surface area contributed by atoms with Crippen molar-refractivity contribution in [3.8, 4) is 0 Å². The molecule has 0 aromatic heterocycles. The van der Waals surface area contributed by atoms with Gasteiger partial charge in [0.15, 0.2) is 0 Å². The molecule has 0 saturated heterocycles. The summed E-state index contributed by atoms with van der Waals surface area (Å²) in [5.74, 6) is -8.59. The number of rotatable bonds is 17. The zero-order chi connectivity index (χ0) is 26.4. The molecular formula is C18H28N4O11S. The number of carboxylic acid groups (broad SMARTS) is 4. The monoisotopic (exact) mass is 508 g/mol. The molecule has 15 nitrogen and oxygen atoms in total. The number of carboxylic acids is 4. The van der Waals surface area contributed by atoms with Crippen LogP contribution in [0.4, 0.5) is 0 Å². The second kappa shape index (κ2) is 15.4. The van der Waals surface area contributed by atoms with E-state index in [1.54, 1.807) is 6.26 Å². The van der Waals surface area contributed by atoms with Crippen LogP contribution in [0.2, 0.25) is 0 Å². The first-order chi connectivity index (χ1) is 15.8. The van der Waals surface area contributed by atoms with Crippen LogP contribution in [-0.2, 0) is 33.6 Å². The van der Waals surface area contributed by atoms with Crippen LogP contribution in [0.25, 0.3) is 0 Å². The van der Waals surface area contributed by atoms with Crippen molar-refractivity contribution in [1.29, 1.82) is 0 Å². The fraction of sp³-hybridized carbons (Fsp3) is 0.611. The Balaban J connectivity index is 5.57. The van der Waals surface area contributed by atoms with Crippen molar-refractivity contribution in [2.75, 3.05) is 12.0 Å². The SMILES string of the molecule is CSCCC(NC(=O)C(CCC(=O)O)NC(=O)C(CC(=O)O)NC(=O)C(N)CC(=O)O)C(=O)O. The van der Waals surface area contributed by atoms with E-state index in [0.29, 0.717) is 5.75 Å². The van der Waals surface area contributed by atoms with Gasteiger partial charge in [-0.05, 0) is 24.9 Å². The number of carbonyl (C=O) groups excluding carboxylic acids is 3.